The minimum Gasteiger partial charge on any atom is -0.454 e. The first kappa shape index (κ1) is 19.4. The predicted octanol–water partition coefficient (Wildman–Crippen LogP) is 2.90. The smallest absolute Gasteiger partial charge is 0.244 e. The molecule has 6 nitrogen and oxygen atoms in total. The van der Waals surface area contributed by atoms with E-state index in [0.717, 1.165) is 75.7 Å². The molecule has 0 spiro atoms. The largest absolute Gasteiger partial charge is 0.454 e. The van der Waals surface area contributed by atoms with Gasteiger partial charge in [-0.2, -0.15) is 0 Å². The van der Waals surface area contributed by atoms with Crippen LogP contribution in [-0.4, -0.2) is 66.7 Å². The van der Waals surface area contributed by atoms with Gasteiger partial charge in [0.25, 0.3) is 0 Å². The van der Waals surface area contributed by atoms with Gasteiger partial charge in [-0.25, -0.2) is 0 Å². The van der Waals surface area contributed by atoms with Gasteiger partial charge in [-0.1, -0.05) is 36.4 Å². The summed E-state index contributed by atoms with van der Waals surface area (Å²) in [5, 5.41) is 0. The highest BCUT2D eigenvalue weighted by atomic mass is 16.7. The first-order valence-corrected chi connectivity index (χ1v) is 11.0. The van der Waals surface area contributed by atoms with Crippen molar-refractivity contribution in [2.75, 3.05) is 46.1 Å². The average Bonchev–Trinajstić information content (AvgIpc) is 3.48. The van der Waals surface area contributed by atoms with Gasteiger partial charge < -0.3 is 14.4 Å². The average molecular weight is 408 g/mol. The topological polar surface area (TPSA) is 45.3 Å². The number of fused-ring (bicyclic) bond motifs is 1. The maximum Gasteiger partial charge on any atom is 0.244 e. The Morgan fingerprint density at radius 1 is 0.867 bits per heavy atom. The molecule has 0 saturated carbocycles. The predicted molar refractivity (Wildman–Crippen MR) is 114 cm³/mol. The highest BCUT2D eigenvalue weighted by Crippen LogP contribution is 2.33. The summed E-state index contributed by atoms with van der Waals surface area (Å²) in [6, 6.07) is 16.3. The SMILES string of the molecule is O=C(C(c1ccccc1)N1CCN(Cc2ccc3c(c2)OCO3)CC1)N1CCCC1. The van der Waals surface area contributed by atoms with Gasteiger partial charge in [0.1, 0.15) is 6.04 Å². The van der Waals surface area contributed by atoms with E-state index in [0.29, 0.717) is 6.79 Å². The molecular formula is C24H29N3O3. The van der Waals surface area contributed by atoms with E-state index in [2.05, 4.69) is 39.0 Å². The number of amides is 1. The molecule has 0 aliphatic carbocycles. The molecule has 1 atom stereocenters. The van der Waals surface area contributed by atoms with E-state index in [1.165, 1.54) is 5.56 Å². The van der Waals surface area contributed by atoms with Crippen LogP contribution in [-0.2, 0) is 11.3 Å². The van der Waals surface area contributed by atoms with Crippen molar-refractivity contribution in [2.45, 2.75) is 25.4 Å². The quantitative estimate of drug-likeness (QED) is 0.763. The Morgan fingerprint density at radius 3 is 2.37 bits per heavy atom. The highest BCUT2D eigenvalue weighted by molar-refractivity contribution is 5.83. The molecule has 2 fully saturated rings. The number of carbonyl (C=O) groups is 1. The zero-order valence-electron chi connectivity index (χ0n) is 17.3. The second-order valence-corrected chi connectivity index (χ2v) is 8.35. The fourth-order valence-electron chi connectivity index (χ4n) is 4.73. The highest BCUT2D eigenvalue weighted by Gasteiger charge is 2.34. The number of rotatable bonds is 5. The summed E-state index contributed by atoms with van der Waals surface area (Å²) in [6.45, 7) is 6.67. The Kier molecular flexibility index (Phi) is 5.60. The molecule has 1 unspecified atom stereocenters. The van der Waals surface area contributed by atoms with Crippen LogP contribution in [0.3, 0.4) is 0 Å². The van der Waals surface area contributed by atoms with Gasteiger partial charge in [-0.3, -0.25) is 14.6 Å². The van der Waals surface area contributed by atoms with Crippen LogP contribution in [0.25, 0.3) is 0 Å². The van der Waals surface area contributed by atoms with Crippen molar-refractivity contribution in [2.24, 2.45) is 0 Å². The van der Waals surface area contributed by atoms with Gasteiger partial charge >= 0.3 is 0 Å². The van der Waals surface area contributed by atoms with Crippen LogP contribution < -0.4 is 9.47 Å². The lowest BCUT2D eigenvalue weighted by atomic mass is 10.0. The summed E-state index contributed by atoms with van der Waals surface area (Å²) >= 11 is 0. The fraction of sp³-hybridized carbons (Fsp3) is 0.458. The molecule has 30 heavy (non-hydrogen) atoms. The van der Waals surface area contributed by atoms with Crippen molar-refractivity contribution in [3.63, 3.8) is 0 Å². The third-order valence-electron chi connectivity index (χ3n) is 6.38. The molecule has 0 aromatic heterocycles. The molecule has 3 aliphatic rings. The Labute approximate surface area is 178 Å². The molecule has 0 radical (unpaired) electrons. The van der Waals surface area contributed by atoms with Gasteiger partial charge in [-0.05, 0) is 36.1 Å². The van der Waals surface area contributed by atoms with E-state index < -0.39 is 0 Å². The molecule has 158 valence electrons. The molecule has 2 saturated heterocycles. The van der Waals surface area contributed by atoms with Crippen LogP contribution >= 0.6 is 0 Å². The first-order chi connectivity index (χ1) is 14.8. The van der Waals surface area contributed by atoms with Gasteiger partial charge in [0.05, 0.1) is 0 Å². The van der Waals surface area contributed by atoms with E-state index >= 15 is 0 Å². The summed E-state index contributed by atoms with van der Waals surface area (Å²) in [4.78, 5) is 20.2. The second kappa shape index (κ2) is 8.66. The van der Waals surface area contributed by atoms with Crippen molar-refractivity contribution >= 4 is 5.91 Å². The molecule has 0 N–H and O–H groups in total. The molecule has 0 bridgehead atoms. The Bertz CT molecular complexity index is 875. The molecular weight excluding hydrogens is 378 g/mol. The third kappa shape index (κ3) is 4.02. The molecule has 5 rings (SSSR count). The number of likely N-dealkylation sites (tertiary alicyclic amines) is 1. The van der Waals surface area contributed by atoms with Crippen LogP contribution in [0.2, 0.25) is 0 Å². The molecule has 6 heteroatoms. The number of benzene rings is 2. The summed E-state index contributed by atoms with van der Waals surface area (Å²) in [5.74, 6) is 1.93. The van der Waals surface area contributed by atoms with E-state index in [-0.39, 0.29) is 11.9 Å². The number of carbonyl (C=O) groups excluding carboxylic acids is 1. The van der Waals surface area contributed by atoms with E-state index in [4.69, 9.17) is 9.47 Å². The molecule has 1 amide bonds. The monoisotopic (exact) mass is 407 g/mol. The van der Waals surface area contributed by atoms with E-state index in [1.807, 2.05) is 24.3 Å². The van der Waals surface area contributed by atoms with Crippen LogP contribution in [0.4, 0.5) is 0 Å². The molecule has 2 aromatic rings. The normalized spacial score (nSPS) is 20.5. The number of nitrogens with zero attached hydrogens (tertiary/aromatic N) is 3. The maximum absolute atomic E-state index is 13.4. The number of hydrogen-bond donors (Lipinski definition) is 0. The van der Waals surface area contributed by atoms with Crippen LogP contribution in [0, 0.1) is 0 Å². The van der Waals surface area contributed by atoms with Crippen molar-refractivity contribution in [3.8, 4) is 11.5 Å². The second-order valence-electron chi connectivity index (χ2n) is 8.35. The van der Waals surface area contributed by atoms with Crippen LogP contribution in [0.5, 0.6) is 11.5 Å². The lowest BCUT2D eigenvalue weighted by Gasteiger charge is -2.40. The Hall–Kier alpha value is -2.57. The fourth-order valence-corrected chi connectivity index (χ4v) is 4.73. The van der Waals surface area contributed by atoms with Crippen LogP contribution in [0.1, 0.15) is 30.0 Å². The van der Waals surface area contributed by atoms with E-state index in [9.17, 15) is 4.79 Å². The summed E-state index contributed by atoms with van der Waals surface area (Å²) < 4.78 is 10.9. The zero-order valence-corrected chi connectivity index (χ0v) is 17.3. The van der Waals surface area contributed by atoms with Gasteiger partial charge in [-0.15, -0.1) is 0 Å². The summed E-state index contributed by atoms with van der Waals surface area (Å²) in [5.41, 5.74) is 2.35. The molecule has 3 aliphatic heterocycles. The van der Waals surface area contributed by atoms with Gasteiger partial charge in [0.2, 0.25) is 12.7 Å². The zero-order chi connectivity index (χ0) is 20.3. The van der Waals surface area contributed by atoms with Crippen molar-refractivity contribution < 1.29 is 14.3 Å². The van der Waals surface area contributed by atoms with Gasteiger partial charge in [0.15, 0.2) is 11.5 Å². The van der Waals surface area contributed by atoms with Crippen molar-refractivity contribution in [1.29, 1.82) is 0 Å². The number of piperazine rings is 1. The first-order valence-electron chi connectivity index (χ1n) is 11.0. The number of ether oxygens (including phenoxy) is 2. The lowest BCUT2D eigenvalue weighted by molar-refractivity contribution is -0.137. The molecule has 3 heterocycles. The Balaban J connectivity index is 1.25. The van der Waals surface area contributed by atoms with Crippen molar-refractivity contribution in [1.82, 2.24) is 14.7 Å². The minimum atomic E-state index is -0.169. The van der Waals surface area contributed by atoms with Gasteiger partial charge in [0, 0.05) is 45.8 Å². The Morgan fingerprint density at radius 2 is 1.60 bits per heavy atom. The van der Waals surface area contributed by atoms with Crippen molar-refractivity contribution in [3.05, 3.63) is 59.7 Å². The minimum absolute atomic E-state index is 0.169. The van der Waals surface area contributed by atoms with Crippen LogP contribution in [0.15, 0.2) is 48.5 Å². The van der Waals surface area contributed by atoms with E-state index in [1.54, 1.807) is 0 Å². The lowest BCUT2D eigenvalue weighted by Crippen LogP contribution is -2.51. The standard InChI is InChI=1S/C24H29N3O3/c28-24(27-10-4-5-11-27)23(20-6-2-1-3-7-20)26-14-12-25(13-15-26)17-19-8-9-21-22(16-19)30-18-29-21/h1-3,6-9,16,23H,4-5,10-15,17-18H2. The summed E-state index contributed by atoms with van der Waals surface area (Å²) in [7, 11) is 0. The number of hydrogen-bond acceptors (Lipinski definition) is 5. The summed E-state index contributed by atoms with van der Waals surface area (Å²) in [6.07, 6.45) is 2.24. The molecule has 2 aromatic carbocycles. The third-order valence-corrected chi connectivity index (χ3v) is 6.38. The maximum atomic E-state index is 13.4.